The molecular formula is C28H21Cl2N3O4S2. The van der Waals surface area contributed by atoms with E-state index in [-0.39, 0.29) is 16.5 Å². The number of ketones is 1. The van der Waals surface area contributed by atoms with Gasteiger partial charge in [-0.15, -0.1) is 10.2 Å². The number of Topliss-reactive ketones (excluding diaryl/α,β-unsaturated/α-hetero) is 1. The van der Waals surface area contributed by atoms with Gasteiger partial charge in [-0.1, -0.05) is 76.6 Å². The van der Waals surface area contributed by atoms with Gasteiger partial charge in [0.2, 0.25) is 5.13 Å². The summed E-state index contributed by atoms with van der Waals surface area (Å²) >= 11 is 15.0. The fourth-order valence-corrected chi connectivity index (χ4v) is 6.41. The second kappa shape index (κ2) is 11.8. The van der Waals surface area contributed by atoms with Gasteiger partial charge in [0.15, 0.2) is 4.34 Å². The molecule has 0 bridgehead atoms. The van der Waals surface area contributed by atoms with Crippen molar-refractivity contribution in [1.82, 2.24) is 10.2 Å². The molecule has 1 unspecified atom stereocenters. The van der Waals surface area contributed by atoms with E-state index in [1.165, 1.54) is 28.0 Å². The van der Waals surface area contributed by atoms with Crippen molar-refractivity contribution in [1.29, 1.82) is 0 Å². The highest BCUT2D eigenvalue weighted by atomic mass is 35.5. The number of aromatic nitrogens is 2. The Morgan fingerprint density at radius 3 is 2.44 bits per heavy atom. The predicted molar refractivity (Wildman–Crippen MR) is 155 cm³/mol. The number of rotatable bonds is 8. The summed E-state index contributed by atoms with van der Waals surface area (Å²) in [6.45, 7) is 2.36. The molecule has 11 heteroatoms. The smallest absolute Gasteiger partial charge is 0.301 e. The summed E-state index contributed by atoms with van der Waals surface area (Å²) in [7, 11) is 0. The molecule has 1 saturated heterocycles. The topological polar surface area (TPSA) is 92.6 Å². The van der Waals surface area contributed by atoms with E-state index in [0.717, 1.165) is 5.56 Å². The highest BCUT2D eigenvalue weighted by Crippen LogP contribution is 2.44. The van der Waals surface area contributed by atoms with Crippen molar-refractivity contribution in [3.05, 3.63) is 105 Å². The number of amides is 1. The van der Waals surface area contributed by atoms with Crippen LogP contribution < -0.4 is 9.64 Å². The van der Waals surface area contributed by atoms with Gasteiger partial charge in [-0.2, -0.15) is 0 Å². The van der Waals surface area contributed by atoms with Crippen LogP contribution in [0.1, 0.15) is 29.7 Å². The highest BCUT2D eigenvalue weighted by Gasteiger charge is 2.48. The lowest BCUT2D eigenvalue weighted by molar-refractivity contribution is -0.132. The van der Waals surface area contributed by atoms with E-state index in [1.807, 2.05) is 31.2 Å². The number of carbonyl (C=O) groups excluding carboxylic acids is 2. The standard InChI is InChI=1S/C28H21Cl2N3O4S2/c1-2-37-20-13-9-17(10-14-20)24(34)22-23(16-7-11-19(29)12-8-16)33(26(36)25(22)35)27-31-32-28(39-27)38-15-18-5-3-4-6-21(18)30/h3-14,23,34H,2,15H2,1H3/b24-22-. The molecule has 198 valence electrons. The van der Waals surface area contributed by atoms with E-state index in [9.17, 15) is 14.7 Å². The van der Waals surface area contributed by atoms with Gasteiger partial charge in [-0.25, -0.2) is 0 Å². The second-order valence-corrected chi connectivity index (χ2v) is 11.4. The van der Waals surface area contributed by atoms with Crippen molar-refractivity contribution in [3.63, 3.8) is 0 Å². The first kappa shape index (κ1) is 27.2. The van der Waals surface area contributed by atoms with Crippen LogP contribution in [0.4, 0.5) is 5.13 Å². The Morgan fingerprint density at radius 1 is 1.03 bits per heavy atom. The summed E-state index contributed by atoms with van der Waals surface area (Å²) in [5.74, 6) is -0.731. The molecule has 1 aliphatic heterocycles. The van der Waals surface area contributed by atoms with Crippen molar-refractivity contribution in [2.45, 2.75) is 23.1 Å². The van der Waals surface area contributed by atoms with Crippen LogP contribution in [0.3, 0.4) is 0 Å². The van der Waals surface area contributed by atoms with Crippen molar-refractivity contribution in [3.8, 4) is 5.75 Å². The Kier molecular flexibility index (Phi) is 8.23. The molecule has 3 aromatic carbocycles. The maximum absolute atomic E-state index is 13.4. The van der Waals surface area contributed by atoms with Gasteiger partial charge in [0.25, 0.3) is 5.78 Å². The lowest BCUT2D eigenvalue weighted by Crippen LogP contribution is -2.29. The number of anilines is 1. The number of aliphatic hydroxyl groups is 1. The Hall–Kier alpha value is -3.37. The lowest BCUT2D eigenvalue weighted by atomic mass is 9.95. The maximum atomic E-state index is 13.4. The Bertz CT molecular complexity index is 1560. The highest BCUT2D eigenvalue weighted by molar-refractivity contribution is 8.00. The van der Waals surface area contributed by atoms with Gasteiger partial charge >= 0.3 is 5.91 Å². The molecule has 1 aromatic heterocycles. The Morgan fingerprint density at radius 2 is 1.74 bits per heavy atom. The third-order valence-corrected chi connectivity index (χ3v) is 8.71. The summed E-state index contributed by atoms with van der Waals surface area (Å²) in [6, 6.07) is 20.0. The van der Waals surface area contributed by atoms with E-state index >= 15 is 0 Å². The number of benzene rings is 3. The number of ether oxygens (including phenoxy) is 1. The molecule has 1 aliphatic rings. The van der Waals surface area contributed by atoms with Crippen LogP contribution in [0.15, 0.2) is 82.7 Å². The van der Waals surface area contributed by atoms with Crippen LogP contribution in [0.2, 0.25) is 10.0 Å². The molecular weight excluding hydrogens is 577 g/mol. The quantitative estimate of drug-likeness (QED) is 0.0756. The monoisotopic (exact) mass is 597 g/mol. The Labute approximate surface area is 243 Å². The zero-order valence-corrected chi connectivity index (χ0v) is 23.7. The minimum Gasteiger partial charge on any atom is -0.507 e. The summed E-state index contributed by atoms with van der Waals surface area (Å²) < 4.78 is 6.08. The molecule has 0 spiro atoms. The molecule has 39 heavy (non-hydrogen) atoms. The van der Waals surface area contributed by atoms with E-state index in [4.69, 9.17) is 27.9 Å². The summed E-state index contributed by atoms with van der Waals surface area (Å²) in [5, 5.41) is 21.1. The summed E-state index contributed by atoms with van der Waals surface area (Å²) in [4.78, 5) is 28.0. The first-order valence-electron chi connectivity index (χ1n) is 11.9. The molecule has 2 heterocycles. The van der Waals surface area contributed by atoms with Gasteiger partial charge < -0.3 is 9.84 Å². The van der Waals surface area contributed by atoms with E-state index < -0.39 is 17.7 Å². The van der Waals surface area contributed by atoms with Gasteiger partial charge in [-0.05, 0) is 60.5 Å². The van der Waals surface area contributed by atoms with Crippen LogP contribution >= 0.6 is 46.3 Å². The third kappa shape index (κ3) is 5.67. The molecule has 0 saturated carbocycles. The normalized spacial score (nSPS) is 16.6. The molecule has 0 radical (unpaired) electrons. The Balaban J connectivity index is 1.52. The van der Waals surface area contributed by atoms with Crippen molar-refractivity contribution in [2.75, 3.05) is 11.5 Å². The average Bonchev–Trinajstić information content (AvgIpc) is 3.51. The largest absolute Gasteiger partial charge is 0.507 e. The fraction of sp³-hybridized carbons (Fsp3) is 0.143. The lowest BCUT2D eigenvalue weighted by Gasteiger charge is -2.22. The number of hydrogen-bond acceptors (Lipinski definition) is 8. The zero-order chi connectivity index (χ0) is 27.5. The van der Waals surface area contributed by atoms with E-state index in [2.05, 4.69) is 10.2 Å². The maximum Gasteiger partial charge on any atom is 0.301 e. The molecule has 7 nitrogen and oxygen atoms in total. The minimum atomic E-state index is -0.928. The fourth-order valence-electron chi connectivity index (χ4n) is 4.13. The van der Waals surface area contributed by atoms with Crippen molar-refractivity contribution < 1.29 is 19.4 Å². The van der Waals surface area contributed by atoms with Gasteiger partial charge in [0.05, 0.1) is 18.2 Å². The molecule has 5 rings (SSSR count). The number of carbonyl (C=O) groups is 2. The number of nitrogens with zero attached hydrogens (tertiary/aromatic N) is 3. The van der Waals surface area contributed by atoms with Gasteiger partial charge in [-0.3, -0.25) is 14.5 Å². The van der Waals surface area contributed by atoms with Crippen LogP contribution in [0.5, 0.6) is 5.75 Å². The SMILES string of the molecule is CCOc1ccc(/C(O)=C2/C(=O)C(=O)N(c3nnc(SCc4ccccc4Cl)s3)C2c2ccc(Cl)cc2)cc1. The van der Waals surface area contributed by atoms with Crippen LogP contribution in [-0.4, -0.2) is 33.6 Å². The third-order valence-electron chi connectivity index (χ3n) is 5.98. The number of hydrogen-bond donors (Lipinski definition) is 1. The number of thioether (sulfide) groups is 1. The van der Waals surface area contributed by atoms with Crippen LogP contribution in [0, 0.1) is 0 Å². The zero-order valence-electron chi connectivity index (χ0n) is 20.5. The molecule has 0 aliphatic carbocycles. The predicted octanol–water partition coefficient (Wildman–Crippen LogP) is 7.16. The average molecular weight is 599 g/mol. The summed E-state index contributed by atoms with van der Waals surface area (Å²) in [5.41, 5.74) is 1.86. The van der Waals surface area contributed by atoms with Crippen LogP contribution in [-0.2, 0) is 15.3 Å². The van der Waals surface area contributed by atoms with E-state index in [1.54, 1.807) is 48.5 Å². The van der Waals surface area contributed by atoms with Gasteiger partial charge in [0, 0.05) is 21.4 Å². The molecule has 1 N–H and O–H groups in total. The first-order valence-corrected chi connectivity index (χ1v) is 14.4. The molecule has 4 aromatic rings. The molecule has 1 atom stereocenters. The van der Waals surface area contributed by atoms with Crippen LogP contribution in [0.25, 0.3) is 5.76 Å². The van der Waals surface area contributed by atoms with Crippen molar-refractivity contribution >= 4 is 68.9 Å². The molecule has 1 fully saturated rings. The number of aliphatic hydroxyl groups excluding tert-OH is 1. The van der Waals surface area contributed by atoms with Crippen molar-refractivity contribution in [2.24, 2.45) is 0 Å². The minimum absolute atomic E-state index is 0.0491. The summed E-state index contributed by atoms with van der Waals surface area (Å²) in [6.07, 6.45) is 0. The molecule has 1 amide bonds. The number of halogens is 2. The first-order chi connectivity index (χ1) is 18.9. The second-order valence-electron chi connectivity index (χ2n) is 8.41. The van der Waals surface area contributed by atoms with E-state index in [0.29, 0.717) is 43.6 Å². The van der Waals surface area contributed by atoms with Gasteiger partial charge in [0.1, 0.15) is 11.5 Å².